The molecule has 2 N–H and O–H groups in total. The van der Waals surface area contributed by atoms with E-state index in [1.54, 1.807) is 24.3 Å². The number of anilines is 2. The number of nitrogens with one attached hydrogen (secondary N) is 2. The standard InChI is InChI=1S/C18H20N2O5S/c1-11-16(24-2)9-13(10-17(11)25-3)20-26(22,23)14-5-6-15-12(8-14)4-7-18(21)19-15/h5-6,8-10,20H,4,7H2,1-3H3,(H,19,21). The van der Waals surface area contributed by atoms with Crippen LogP contribution < -0.4 is 19.5 Å². The SMILES string of the molecule is COc1cc(NS(=O)(=O)c2ccc3c(c2)CCC(=O)N3)cc(OC)c1C. The van der Waals surface area contributed by atoms with Crippen molar-refractivity contribution in [3.63, 3.8) is 0 Å². The third kappa shape index (κ3) is 3.45. The maximum Gasteiger partial charge on any atom is 0.261 e. The normalized spacial score (nSPS) is 13.6. The molecule has 0 saturated carbocycles. The molecule has 0 atom stereocenters. The van der Waals surface area contributed by atoms with E-state index in [9.17, 15) is 13.2 Å². The second-order valence-corrected chi connectivity index (χ2v) is 7.66. The second kappa shape index (κ2) is 6.87. The lowest BCUT2D eigenvalue weighted by Crippen LogP contribution is -2.20. The van der Waals surface area contributed by atoms with Gasteiger partial charge in [-0.1, -0.05) is 0 Å². The molecule has 0 spiro atoms. The first kappa shape index (κ1) is 18.1. The molecule has 0 unspecified atom stereocenters. The Morgan fingerprint density at radius 1 is 1.04 bits per heavy atom. The van der Waals surface area contributed by atoms with Crippen LogP contribution in [0, 0.1) is 6.92 Å². The Bertz CT molecular complexity index is 945. The van der Waals surface area contributed by atoms with Crippen LogP contribution in [0.1, 0.15) is 17.5 Å². The molecule has 0 saturated heterocycles. The van der Waals surface area contributed by atoms with E-state index < -0.39 is 10.0 Å². The van der Waals surface area contributed by atoms with Crippen LogP contribution in [0.3, 0.4) is 0 Å². The van der Waals surface area contributed by atoms with Gasteiger partial charge in [0.1, 0.15) is 11.5 Å². The Kier molecular flexibility index (Phi) is 4.78. The van der Waals surface area contributed by atoms with Crippen molar-refractivity contribution in [1.82, 2.24) is 0 Å². The number of methoxy groups -OCH3 is 2. The third-order valence-corrected chi connectivity index (χ3v) is 5.67. The van der Waals surface area contributed by atoms with Crippen molar-refractivity contribution in [2.75, 3.05) is 24.3 Å². The fraction of sp³-hybridized carbons (Fsp3) is 0.278. The minimum atomic E-state index is -3.80. The first-order valence-corrected chi connectivity index (χ1v) is 9.50. The van der Waals surface area contributed by atoms with Gasteiger partial charge >= 0.3 is 0 Å². The molecule has 7 nitrogen and oxygen atoms in total. The maximum atomic E-state index is 12.8. The lowest BCUT2D eigenvalue weighted by atomic mass is 10.0. The van der Waals surface area contributed by atoms with E-state index in [-0.39, 0.29) is 10.8 Å². The van der Waals surface area contributed by atoms with Gasteiger partial charge in [0.25, 0.3) is 10.0 Å². The van der Waals surface area contributed by atoms with Crippen LogP contribution in [0.4, 0.5) is 11.4 Å². The van der Waals surface area contributed by atoms with Crippen LogP contribution in [0.25, 0.3) is 0 Å². The smallest absolute Gasteiger partial charge is 0.261 e. The summed E-state index contributed by atoms with van der Waals surface area (Å²) >= 11 is 0. The van der Waals surface area contributed by atoms with Gasteiger partial charge in [-0.2, -0.15) is 0 Å². The zero-order valence-electron chi connectivity index (χ0n) is 14.8. The zero-order valence-corrected chi connectivity index (χ0v) is 15.6. The number of rotatable bonds is 5. The number of hydrogen-bond donors (Lipinski definition) is 2. The molecule has 1 amide bonds. The molecule has 0 aliphatic carbocycles. The molecule has 2 aromatic rings. The molecule has 0 radical (unpaired) electrons. The largest absolute Gasteiger partial charge is 0.496 e. The highest BCUT2D eigenvalue weighted by molar-refractivity contribution is 7.92. The molecule has 1 aliphatic rings. The fourth-order valence-corrected chi connectivity index (χ4v) is 3.98. The number of aryl methyl sites for hydroxylation is 1. The molecular formula is C18H20N2O5S. The maximum absolute atomic E-state index is 12.8. The number of carbonyl (C=O) groups excluding carboxylic acids is 1. The number of sulfonamides is 1. The summed E-state index contributed by atoms with van der Waals surface area (Å²) in [5, 5.41) is 2.74. The van der Waals surface area contributed by atoms with Crippen molar-refractivity contribution in [3.8, 4) is 11.5 Å². The van der Waals surface area contributed by atoms with Crippen LogP contribution in [-0.2, 0) is 21.2 Å². The van der Waals surface area contributed by atoms with Crippen LogP contribution in [-0.4, -0.2) is 28.5 Å². The molecule has 1 aliphatic heterocycles. The van der Waals surface area contributed by atoms with Crippen molar-refractivity contribution in [2.45, 2.75) is 24.7 Å². The minimum Gasteiger partial charge on any atom is -0.496 e. The van der Waals surface area contributed by atoms with E-state index in [2.05, 4.69) is 10.0 Å². The fourth-order valence-electron chi connectivity index (χ4n) is 2.89. The van der Waals surface area contributed by atoms with Gasteiger partial charge in [-0.3, -0.25) is 9.52 Å². The topological polar surface area (TPSA) is 93.7 Å². The molecular weight excluding hydrogens is 356 g/mol. The van der Waals surface area contributed by atoms with Gasteiger partial charge in [-0.25, -0.2) is 8.42 Å². The van der Waals surface area contributed by atoms with Gasteiger partial charge in [-0.15, -0.1) is 0 Å². The number of hydrogen-bond acceptors (Lipinski definition) is 5. The Morgan fingerprint density at radius 2 is 1.69 bits per heavy atom. The summed E-state index contributed by atoms with van der Waals surface area (Å²) in [4.78, 5) is 11.6. The average molecular weight is 376 g/mol. The monoisotopic (exact) mass is 376 g/mol. The summed E-state index contributed by atoms with van der Waals surface area (Å²) in [5.74, 6) is 0.982. The summed E-state index contributed by atoms with van der Waals surface area (Å²) in [6.07, 6.45) is 0.854. The Hall–Kier alpha value is -2.74. The highest BCUT2D eigenvalue weighted by atomic mass is 32.2. The predicted octanol–water partition coefficient (Wildman–Crippen LogP) is 2.70. The summed E-state index contributed by atoms with van der Waals surface area (Å²) in [6, 6.07) is 7.87. The van der Waals surface area contributed by atoms with Gasteiger partial charge in [0, 0.05) is 29.8 Å². The molecule has 138 valence electrons. The van der Waals surface area contributed by atoms with Crippen molar-refractivity contribution in [2.24, 2.45) is 0 Å². The molecule has 0 bridgehead atoms. The minimum absolute atomic E-state index is 0.0647. The van der Waals surface area contributed by atoms with Crippen molar-refractivity contribution in [3.05, 3.63) is 41.5 Å². The van der Waals surface area contributed by atoms with E-state index in [1.807, 2.05) is 6.92 Å². The number of fused-ring (bicyclic) bond motifs is 1. The number of benzene rings is 2. The Balaban J connectivity index is 1.94. The van der Waals surface area contributed by atoms with Crippen LogP contribution in [0.2, 0.25) is 0 Å². The van der Waals surface area contributed by atoms with E-state index in [0.29, 0.717) is 35.7 Å². The van der Waals surface area contributed by atoms with Gasteiger partial charge in [-0.05, 0) is 37.1 Å². The molecule has 26 heavy (non-hydrogen) atoms. The second-order valence-electron chi connectivity index (χ2n) is 5.98. The quantitative estimate of drug-likeness (QED) is 0.837. The summed E-state index contributed by atoms with van der Waals surface area (Å²) < 4.78 is 38.6. The first-order valence-electron chi connectivity index (χ1n) is 8.02. The molecule has 2 aromatic carbocycles. The number of carbonyl (C=O) groups is 1. The summed E-state index contributed by atoms with van der Waals surface area (Å²) in [7, 11) is -0.774. The predicted molar refractivity (Wildman–Crippen MR) is 98.5 cm³/mol. The van der Waals surface area contributed by atoms with Gasteiger partial charge in [0.2, 0.25) is 5.91 Å². The lowest BCUT2D eigenvalue weighted by molar-refractivity contribution is -0.116. The van der Waals surface area contributed by atoms with Crippen LogP contribution >= 0.6 is 0 Å². The zero-order chi connectivity index (χ0) is 18.9. The lowest BCUT2D eigenvalue weighted by Gasteiger charge is -2.18. The average Bonchev–Trinajstić information content (AvgIpc) is 2.62. The van der Waals surface area contributed by atoms with Crippen molar-refractivity contribution < 1.29 is 22.7 Å². The summed E-state index contributed by atoms with van der Waals surface area (Å²) in [5.41, 5.74) is 2.57. The Morgan fingerprint density at radius 3 is 2.31 bits per heavy atom. The molecule has 0 aromatic heterocycles. The van der Waals surface area contributed by atoms with Crippen molar-refractivity contribution in [1.29, 1.82) is 0 Å². The highest BCUT2D eigenvalue weighted by Gasteiger charge is 2.21. The number of ether oxygens (including phenoxy) is 2. The molecule has 1 heterocycles. The van der Waals surface area contributed by atoms with Crippen molar-refractivity contribution >= 4 is 27.3 Å². The van der Waals surface area contributed by atoms with E-state index in [4.69, 9.17) is 9.47 Å². The molecule has 8 heteroatoms. The summed E-state index contributed by atoms with van der Waals surface area (Å²) in [6.45, 7) is 1.83. The van der Waals surface area contributed by atoms with Gasteiger partial charge < -0.3 is 14.8 Å². The van der Waals surface area contributed by atoms with E-state index in [1.165, 1.54) is 20.3 Å². The first-order chi connectivity index (χ1) is 12.3. The van der Waals surface area contributed by atoms with Gasteiger partial charge in [0.15, 0.2) is 0 Å². The Labute approximate surface area is 152 Å². The van der Waals surface area contributed by atoms with Crippen LogP contribution in [0.15, 0.2) is 35.2 Å². The number of amides is 1. The van der Waals surface area contributed by atoms with Gasteiger partial charge in [0.05, 0.1) is 24.8 Å². The third-order valence-electron chi connectivity index (χ3n) is 4.29. The van der Waals surface area contributed by atoms with E-state index in [0.717, 1.165) is 11.1 Å². The molecule has 3 rings (SSSR count). The van der Waals surface area contributed by atoms with E-state index >= 15 is 0 Å². The highest BCUT2D eigenvalue weighted by Crippen LogP contribution is 2.33. The molecule has 0 fully saturated rings. The van der Waals surface area contributed by atoms with Crippen LogP contribution in [0.5, 0.6) is 11.5 Å².